The van der Waals surface area contributed by atoms with Gasteiger partial charge in [-0.15, -0.1) is 0 Å². The summed E-state index contributed by atoms with van der Waals surface area (Å²) in [5.74, 6) is -0.854. The van der Waals surface area contributed by atoms with E-state index in [4.69, 9.17) is 5.11 Å². The minimum Gasteiger partial charge on any atom is -0.478 e. The van der Waals surface area contributed by atoms with Crippen molar-refractivity contribution in [3.63, 3.8) is 0 Å². The smallest absolute Gasteiger partial charge is 0.335 e. The number of aromatic carboxylic acids is 1. The first-order valence-electron chi connectivity index (χ1n) is 6.87. The second kappa shape index (κ2) is 8.14. The van der Waals surface area contributed by atoms with Crippen LogP contribution in [0.2, 0.25) is 0 Å². The molecule has 0 heterocycles. The Morgan fingerprint density at radius 1 is 1.24 bits per heavy atom. The average molecular weight is 357 g/mol. The van der Waals surface area contributed by atoms with Gasteiger partial charge in [0.15, 0.2) is 0 Å². The van der Waals surface area contributed by atoms with Crippen LogP contribution < -0.4 is 0 Å². The van der Waals surface area contributed by atoms with Crippen LogP contribution in [-0.2, 0) is 11.3 Å². The van der Waals surface area contributed by atoms with E-state index in [0.717, 1.165) is 10.0 Å². The van der Waals surface area contributed by atoms with Gasteiger partial charge in [0.2, 0.25) is 5.91 Å². The van der Waals surface area contributed by atoms with E-state index < -0.39 is 5.97 Å². The van der Waals surface area contributed by atoms with Gasteiger partial charge >= 0.3 is 5.97 Å². The Kier molecular flexibility index (Phi) is 6.84. The van der Waals surface area contributed by atoms with Crippen molar-refractivity contribution in [2.24, 2.45) is 0 Å². The Labute approximate surface area is 133 Å². The predicted molar refractivity (Wildman–Crippen MR) is 85.4 cm³/mol. The lowest BCUT2D eigenvalue weighted by molar-refractivity contribution is -0.131. The summed E-state index contributed by atoms with van der Waals surface area (Å²) in [5.41, 5.74) is 1.20. The van der Waals surface area contributed by atoms with Gasteiger partial charge in [0.1, 0.15) is 0 Å². The van der Waals surface area contributed by atoms with Crippen molar-refractivity contribution in [2.75, 3.05) is 26.7 Å². The summed E-state index contributed by atoms with van der Waals surface area (Å²) in [7, 11) is 1.87. The van der Waals surface area contributed by atoms with Crippen LogP contribution in [0.1, 0.15) is 29.8 Å². The minimum absolute atomic E-state index is 0.0979. The number of halogens is 1. The lowest BCUT2D eigenvalue weighted by Crippen LogP contribution is -2.38. The van der Waals surface area contributed by atoms with Crippen LogP contribution in [0.4, 0.5) is 0 Å². The number of rotatable bonds is 7. The number of nitrogens with zero attached hydrogens (tertiary/aromatic N) is 2. The SMILES string of the molecule is CCN(CC)C(=O)CN(C)Cc1ccc(C(=O)O)cc1Br. The molecule has 0 bridgehead atoms. The number of carbonyl (C=O) groups is 2. The fraction of sp³-hybridized carbons (Fsp3) is 0.467. The molecule has 0 fully saturated rings. The number of hydrogen-bond donors (Lipinski definition) is 1. The molecule has 0 atom stereocenters. The molecule has 0 spiro atoms. The monoisotopic (exact) mass is 356 g/mol. The molecule has 0 aliphatic carbocycles. The van der Waals surface area contributed by atoms with Gasteiger partial charge in [0, 0.05) is 24.1 Å². The molecule has 0 unspecified atom stereocenters. The highest BCUT2D eigenvalue weighted by Gasteiger charge is 2.14. The number of likely N-dealkylation sites (N-methyl/N-ethyl adjacent to an activating group) is 2. The second-order valence-electron chi connectivity index (χ2n) is 4.85. The molecular formula is C15H21BrN2O3. The molecule has 1 N–H and O–H groups in total. The molecular weight excluding hydrogens is 336 g/mol. The van der Waals surface area contributed by atoms with Crippen molar-refractivity contribution in [3.8, 4) is 0 Å². The third-order valence-corrected chi connectivity index (χ3v) is 4.00. The van der Waals surface area contributed by atoms with Gasteiger partial charge < -0.3 is 10.0 Å². The van der Waals surface area contributed by atoms with E-state index in [9.17, 15) is 9.59 Å². The topological polar surface area (TPSA) is 60.9 Å². The van der Waals surface area contributed by atoms with Gasteiger partial charge in [-0.3, -0.25) is 9.69 Å². The molecule has 21 heavy (non-hydrogen) atoms. The molecule has 5 nitrogen and oxygen atoms in total. The van der Waals surface area contributed by atoms with Crippen molar-refractivity contribution in [1.29, 1.82) is 0 Å². The first-order valence-corrected chi connectivity index (χ1v) is 7.66. The van der Waals surface area contributed by atoms with Crippen molar-refractivity contribution >= 4 is 27.8 Å². The molecule has 1 aromatic rings. The fourth-order valence-corrected chi connectivity index (χ4v) is 2.57. The van der Waals surface area contributed by atoms with E-state index in [-0.39, 0.29) is 11.5 Å². The van der Waals surface area contributed by atoms with Crippen molar-refractivity contribution < 1.29 is 14.7 Å². The van der Waals surface area contributed by atoms with Crippen LogP contribution >= 0.6 is 15.9 Å². The highest BCUT2D eigenvalue weighted by molar-refractivity contribution is 9.10. The van der Waals surface area contributed by atoms with Crippen molar-refractivity contribution in [1.82, 2.24) is 9.80 Å². The summed E-state index contributed by atoms with van der Waals surface area (Å²) in [6.45, 7) is 6.26. The zero-order valence-electron chi connectivity index (χ0n) is 12.6. The normalized spacial score (nSPS) is 10.7. The minimum atomic E-state index is -0.952. The van der Waals surface area contributed by atoms with Gasteiger partial charge in [0.25, 0.3) is 0 Å². The molecule has 6 heteroatoms. The second-order valence-corrected chi connectivity index (χ2v) is 5.70. The Hall–Kier alpha value is -1.40. The lowest BCUT2D eigenvalue weighted by atomic mass is 10.1. The molecule has 1 amide bonds. The summed E-state index contributed by atoms with van der Waals surface area (Å²) in [4.78, 5) is 26.6. The van der Waals surface area contributed by atoms with Crippen LogP contribution in [0.25, 0.3) is 0 Å². The van der Waals surface area contributed by atoms with E-state index >= 15 is 0 Å². The molecule has 1 rings (SSSR count). The van der Waals surface area contributed by atoms with E-state index in [1.807, 2.05) is 25.8 Å². The fourth-order valence-electron chi connectivity index (χ4n) is 2.06. The maximum Gasteiger partial charge on any atom is 0.335 e. The standard InChI is InChI=1S/C15H21BrN2O3/c1-4-18(5-2)14(19)10-17(3)9-12-7-6-11(15(20)21)8-13(12)16/h6-8H,4-5,9-10H2,1-3H3,(H,20,21). The predicted octanol–water partition coefficient (Wildman–Crippen LogP) is 2.45. The highest BCUT2D eigenvalue weighted by Crippen LogP contribution is 2.20. The third kappa shape index (κ3) is 5.13. The number of benzene rings is 1. The van der Waals surface area contributed by atoms with Gasteiger partial charge in [-0.2, -0.15) is 0 Å². The first kappa shape index (κ1) is 17.7. The van der Waals surface area contributed by atoms with Gasteiger partial charge in [0.05, 0.1) is 12.1 Å². The maximum absolute atomic E-state index is 12.0. The zero-order chi connectivity index (χ0) is 16.0. The number of amides is 1. The first-order chi connectivity index (χ1) is 9.88. The van der Waals surface area contributed by atoms with Crippen LogP contribution in [0.3, 0.4) is 0 Å². The molecule has 0 aliphatic rings. The van der Waals surface area contributed by atoms with Gasteiger partial charge in [-0.25, -0.2) is 4.79 Å². The van der Waals surface area contributed by atoms with E-state index in [2.05, 4.69) is 15.9 Å². The molecule has 0 saturated heterocycles. The number of carbonyl (C=O) groups excluding carboxylic acids is 1. The summed E-state index contributed by atoms with van der Waals surface area (Å²) in [6.07, 6.45) is 0. The summed E-state index contributed by atoms with van der Waals surface area (Å²) < 4.78 is 0.740. The largest absolute Gasteiger partial charge is 0.478 e. The van der Waals surface area contributed by atoms with Crippen LogP contribution in [0.5, 0.6) is 0 Å². The van der Waals surface area contributed by atoms with E-state index in [0.29, 0.717) is 26.2 Å². The number of carboxylic acids is 1. The average Bonchev–Trinajstić information content (AvgIpc) is 2.42. The van der Waals surface area contributed by atoms with Gasteiger partial charge in [-0.1, -0.05) is 22.0 Å². The Morgan fingerprint density at radius 2 is 1.86 bits per heavy atom. The molecule has 1 aromatic carbocycles. The third-order valence-electron chi connectivity index (χ3n) is 3.26. The van der Waals surface area contributed by atoms with Crippen molar-refractivity contribution in [2.45, 2.75) is 20.4 Å². The molecule has 0 aromatic heterocycles. The molecule has 0 aliphatic heterocycles. The van der Waals surface area contributed by atoms with E-state index in [1.165, 1.54) is 0 Å². The van der Waals surface area contributed by atoms with Crippen molar-refractivity contribution in [3.05, 3.63) is 33.8 Å². The Morgan fingerprint density at radius 3 is 2.33 bits per heavy atom. The number of hydrogen-bond acceptors (Lipinski definition) is 3. The quantitative estimate of drug-likeness (QED) is 0.814. The van der Waals surface area contributed by atoms with Crippen LogP contribution in [-0.4, -0.2) is 53.5 Å². The lowest BCUT2D eigenvalue weighted by Gasteiger charge is -2.23. The summed E-state index contributed by atoms with van der Waals surface area (Å²) in [5, 5.41) is 8.93. The summed E-state index contributed by atoms with van der Waals surface area (Å²) in [6, 6.07) is 4.92. The molecule has 116 valence electrons. The highest BCUT2D eigenvalue weighted by atomic mass is 79.9. The zero-order valence-corrected chi connectivity index (χ0v) is 14.2. The van der Waals surface area contributed by atoms with Gasteiger partial charge in [-0.05, 0) is 38.6 Å². The summed E-state index contributed by atoms with van der Waals surface area (Å²) >= 11 is 3.38. The van der Waals surface area contributed by atoms with E-state index in [1.54, 1.807) is 23.1 Å². The van der Waals surface area contributed by atoms with Crippen LogP contribution in [0, 0.1) is 0 Å². The Bertz CT molecular complexity index is 516. The molecule has 0 saturated carbocycles. The maximum atomic E-state index is 12.0. The number of carboxylic acid groups (broad SMARTS) is 1. The Balaban J connectivity index is 2.69. The molecule has 0 radical (unpaired) electrons. The van der Waals surface area contributed by atoms with Crippen LogP contribution in [0.15, 0.2) is 22.7 Å².